The smallest absolute Gasteiger partial charge is 0.105 e. The molecule has 142 valence electrons. The van der Waals surface area contributed by atoms with Crippen molar-refractivity contribution in [1.82, 2.24) is 18.5 Å². The molecule has 1 aromatic heterocycles. The summed E-state index contributed by atoms with van der Waals surface area (Å²) in [5.74, 6) is 0. The maximum Gasteiger partial charge on any atom is 0.105 e. The number of aliphatic hydroxyl groups excluding tert-OH is 1. The predicted molar refractivity (Wildman–Crippen MR) is 110 cm³/mol. The zero-order valence-electron chi connectivity index (χ0n) is 15.7. The lowest BCUT2D eigenvalue weighted by atomic mass is 10.0. The van der Waals surface area contributed by atoms with Gasteiger partial charge >= 0.3 is 0 Å². The molecular weight excluding hydrogens is 356 g/mol. The molecule has 5 nitrogen and oxygen atoms in total. The van der Waals surface area contributed by atoms with Crippen LogP contribution < -0.4 is 0 Å². The molecule has 1 aliphatic heterocycles. The minimum atomic E-state index is 0.235. The minimum absolute atomic E-state index is 0.235. The van der Waals surface area contributed by atoms with Gasteiger partial charge in [-0.15, -0.1) is 0 Å². The number of fused-ring (bicyclic) bond motifs is 1. The molecule has 6 heteroatoms. The molecule has 0 unspecified atom stereocenters. The number of hydrogen-bond acceptors (Lipinski definition) is 6. The van der Waals surface area contributed by atoms with Gasteiger partial charge in [-0.05, 0) is 42.2 Å². The van der Waals surface area contributed by atoms with Gasteiger partial charge in [-0.1, -0.05) is 30.3 Å². The first kappa shape index (κ1) is 18.5. The van der Waals surface area contributed by atoms with Crippen LogP contribution in [0.4, 0.5) is 0 Å². The van der Waals surface area contributed by atoms with Crippen LogP contribution in [0.25, 0.3) is 11.0 Å². The first-order valence-corrected chi connectivity index (χ1v) is 10.3. The molecule has 4 rings (SSSR count). The average molecular weight is 383 g/mol. The standard InChI is InChI=1S/C21H26N4OS/c1-16-4-2-3-5-18(16)14-25-10-9-24(15-19(25)8-11-26)13-17-6-7-20-21(12-17)23-27-22-20/h2-7,12,19,26H,8-11,13-15H2,1H3/t19-/m1/s1. The summed E-state index contributed by atoms with van der Waals surface area (Å²) < 4.78 is 8.64. The van der Waals surface area contributed by atoms with E-state index in [-0.39, 0.29) is 6.61 Å². The van der Waals surface area contributed by atoms with Crippen LogP contribution in [0.2, 0.25) is 0 Å². The number of rotatable bonds is 6. The molecule has 2 heterocycles. The topological polar surface area (TPSA) is 52.5 Å². The molecule has 3 aromatic rings. The lowest BCUT2D eigenvalue weighted by Crippen LogP contribution is -2.52. The third-order valence-electron chi connectivity index (χ3n) is 5.51. The van der Waals surface area contributed by atoms with Gasteiger partial charge < -0.3 is 5.11 Å². The highest BCUT2D eigenvalue weighted by atomic mass is 32.1. The molecule has 1 N–H and O–H groups in total. The average Bonchev–Trinajstić information content (AvgIpc) is 3.13. The predicted octanol–water partition coefficient (Wildman–Crippen LogP) is 3.07. The van der Waals surface area contributed by atoms with Gasteiger partial charge in [0, 0.05) is 45.4 Å². The summed E-state index contributed by atoms with van der Waals surface area (Å²) in [4.78, 5) is 5.03. The van der Waals surface area contributed by atoms with Crippen LogP contribution in [0.3, 0.4) is 0 Å². The Labute approximate surface area is 164 Å². The Morgan fingerprint density at radius 1 is 1.07 bits per heavy atom. The lowest BCUT2D eigenvalue weighted by molar-refractivity contribution is 0.0499. The third-order valence-corrected chi connectivity index (χ3v) is 6.07. The van der Waals surface area contributed by atoms with Crippen LogP contribution in [0.5, 0.6) is 0 Å². The zero-order chi connectivity index (χ0) is 18.6. The van der Waals surface area contributed by atoms with E-state index in [0.717, 1.165) is 50.2 Å². The molecular formula is C21H26N4OS. The van der Waals surface area contributed by atoms with Crippen LogP contribution in [0.1, 0.15) is 23.1 Å². The molecule has 1 fully saturated rings. The summed E-state index contributed by atoms with van der Waals surface area (Å²) in [5, 5.41) is 9.57. The van der Waals surface area contributed by atoms with Gasteiger partial charge in [-0.25, -0.2) is 0 Å². The van der Waals surface area contributed by atoms with Crippen molar-refractivity contribution >= 4 is 22.8 Å². The molecule has 1 aliphatic rings. The van der Waals surface area contributed by atoms with Crippen LogP contribution in [0, 0.1) is 6.92 Å². The Morgan fingerprint density at radius 2 is 1.93 bits per heavy atom. The summed E-state index contributed by atoms with van der Waals surface area (Å²) in [7, 11) is 0. The summed E-state index contributed by atoms with van der Waals surface area (Å²) in [6.07, 6.45) is 0.817. The Kier molecular flexibility index (Phi) is 5.78. The maximum absolute atomic E-state index is 9.57. The van der Waals surface area contributed by atoms with Gasteiger partial charge in [0.15, 0.2) is 0 Å². The van der Waals surface area contributed by atoms with E-state index in [9.17, 15) is 5.11 Å². The summed E-state index contributed by atoms with van der Waals surface area (Å²) in [5.41, 5.74) is 5.97. The first-order chi connectivity index (χ1) is 13.2. The molecule has 0 saturated carbocycles. The first-order valence-electron chi connectivity index (χ1n) is 9.56. The fourth-order valence-corrected chi connectivity index (χ4v) is 4.44. The van der Waals surface area contributed by atoms with E-state index >= 15 is 0 Å². The van der Waals surface area contributed by atoms with E-state index in [1.165, 1.54) is 28.4 Å². The third kappa shape index (κ3) is 4.35. The van der Waals surface area contributed by atoms with Gasteiger partial charge in [0.25, 0.3) is 0 Å². The molecule has 2 aromatic carbocycles. The minimum Gasteiger partial charge on any atom is -0.396 e. The van der Waals surface area contributed by atoms with E-state index in [1.54, 1.807) is 0 Å². The van der Waals surface area contributed by atoms with Gasteiger partial charge in [-0.3, -0.25) is 9.80 Å². The summed E-state index contributed by atoms with van der Waals surface area (Å²) in [6.45, 7) is 7.35. The van der Waals surface area contributed by atoms with E-state index in [4.69, 9.17) is 0 Å². The van der Waals surface area contributed by atoms with Crippen molar-refractivity contribution in [3.05, 3.63) is 59.2 Å². The Bertz CT molecular complexity index is 897. The van der Waals surface area contributed by atoms with Crippen molar-refractivity contribution in [3.63, 3.8) is 0 Å². The monoisotopic (exact) mass is 382 g/mol. The summed E-state index contributed by atoms with van der Waals surface area (Å²) >= 11 is 1.27. The summed E-state index contributed by atoms with van der Waals surface area (Å²) in [6, 6.07) is 15.4. The van der Waals surface area contributed by atoms with Gasteiger partial charge in [-0.2, -0.15) is 8.75 Å². The van der Waals surface area contributed by atoms with Gasteiger partial charge in [0.1, 0.15) is 11.0 Å². The Hall–Kier alpha value is -1.86. The molecule has 27 heavy (non-hydrogen) atoms. The molecule has 0 bridgehead atoms. The molecule has 0 spiro atoms. The van der Waals surface area contributed by atoms with Crippen molar-refractivity contribution in [2.45, 2.75) is 32.5 Å². The van der Waals surface area contributed by atoms with E-state index in [2.05, 4.69) is 67.9 Å². The van der Waals surface area contributed by atoms with Crippen molar-refractivity contribution in [1.29, 1.82) is 0 Å². The number of nitrogens with zero attached hydrogens (tertiary/aromatic N) is 4. The number of benzene rings is 2. The zero-order valence-corrected chi connectivity index (χ0v) is 16.5. The number of hydrogen-bond donors (Lipinski definition) is 1. The van der Waals surface area contributed by atoms with Crippen LogP contribution in [0.15, 0.2) is 42.5 Å². The molecule has 0 aliphatic carbocycles. The Morgan fingerprint density at radius 3 is 2.78 bits per heavy atom. The van der Waals surface area contributed by atoms with Crippen molar-refractivity contribution < 1.29 is 5.11 Å². The normalized spacial score (nSPS) is 19.0. The maximum atomic E-state index is 9.57. The van der Waals surface area contributed by atoms with E-state index in [1.807, 2.05) is 0 Å². The van der Waals surface area contributed by atoms with Gasteiger partial charge in [0.05, 0.1) is 11.7 Å². The van der Waals surface area contributed by atoms with Gasteiger partial charge in [0.2, 0.25) is 0 Å². The van der Waals surface area contributed by atoms with Crippen LogP contribution in [-0.4, -0.2) is 55.9 Å². The SMILES string of the molecule is Cc1ccccc1CN1CCN(Cc2ccc3nsnc3c2)C[C@H]1CCO. The highest BCUT2D eigenvalue weighted by Crippen LogP contribution is 2.21. The largest absolute Gasteiger partial charge is 0.396 e. The second-order valence-corrected chi connectivity index (χ2v) is 7.91. The quantitative estimate of drug-likeness (QED) is 0.710. The highest BCUT2D eigenvalue weighted by Gasteiger charge is 2.27. The highest BCUT2D eigenvalue weighted by molar-refractivity contribution is 7.00. The second kappa shape index (κ2) is 8.44. The number of piperazine rings is 1. The van der Waals surface area contributed by atoms with Crippen molar-refractivity contribution in [2.24, 2.45) is 0 Å². The fraction of sp³-hybridized carbons (Fsp3) is 0.429. The van der Waals surface area contributed by atoms with E-state index < -0.39 is 0 Å². The molecule has 0 radical (unpaired) electrons. The number of aliphatic hydroxyl groups is 1. The Balaban J connectivity index is 1.43. The van der Waals surface area contributed by atoms with Crippen LogP contribution in [-0.2, 0) is 13.1 Å². The molecule has 0 amide bonds. The van der Waals surface area contributed by atoms with Crippen LogP contribution >= 0.6 is 11.7 Å². The molecule has 1 atom stereocenters. The number of aromatic nitrogens is 2. The molecule has 1 saturated heterocycles. The van der Waals surface area contributed by atoms with Crippen molar-refractivity contribution in [3.8, 4) is 0 Å². The van der Waals surface area contributed by atoms with Crippen molar-refractivity contribution in [2.75, 3.05) is 26.2 Å². The van der Waals surface area contributed by atoms with E-state index in [0.29, 0.717) is 6.04 Å². The lowest BCUT2D eigenvalue weighted by Gasteiger charge is -2.41. The second-order valence-electron chi connectivity index (χ2n) is 7.39. The number of aryl methyl sites for hydroxylation is 1. The fourth-order valence-electron chi connectivity index (χ4n) is 3.92.